The molecule has 1 heterocycles. The Bertz CT molecular complexity index is 313. The van der Waals surface area contributed by atoms with Gasteiger partial charge in [-0.25, -0.2) is 5.84 Å². The van der Waals surface area contributed by atoms with Crippen molar-refractivity contribution in [1.29, 1.82) is 0 Å². The number of hydrazine groups is 1. The number of carbonyl (C=O) groups is 1. The number of aromatic nitrogens is 4. The summed E-state index contributed by atoms with van der Waals surface area (Å²) in [4.78, 5) is 11.5. The van der Waals surface area contributed by atoms with E-state index >= 15 is 0 Å². The van der Waals surface area contributed by atoms with E-state index in [1.165, 1.54) is 5.01 Å². The fourth-order valence-electron chi connectivity index (χ4n) is 1.19. The molecule has 0 aliphatic carbocycles. The molecule has 1 rings (SSSR count). The van der Waals surface area contributed by atoms with Crippen LogP contribution in [0.5, 0.6) is 0 Å². The van der Waals surface area contributed by atoms with Crippen molar-refractivity contribution in [2.75, 3.05) is 26.7 Å². The fraction of sp³-hybridized carbons (Fsp3) is 0.750. The summed E-state index contributed by atoms with van der Waals surface area (Å²) in [6, 6.07) is 0. The van der Waals surface area contributed by atoms with Crippen LogP contribution in [0, 0.1) is 0 Å². The van der Waals surface area contributed by atoms with Gasteiger partial charge in [-0.2, -0.15) is 5.21 Å². The summed E-state index contributed by atoms with van der Waals surface area (Å²) >= 11 is 0. The molecule has 0 bridgehead atoms. The van der Waals surface area contributed by atoms with Gasteiger partial charge < -0.3 is 10.6 Å². The van der Waals surface area contributed by atoms with E-state index in [9.17, 15) is 4.79 Å². The van der Waals surface area contributed by atoms with Gasteiger partial charge in [-0.05, 0) is 20.0 Å². The minimum absolute atomic E-state index is 0.157. The number of H-pyrrole nitrogens is 1. The molecule has 1 aromatic rings. The Balaban J connectivity index is 2.11. The number of hydrogen-bond acceptors (Lipinski definition) is 7. The van der Waals surface area contributed by atoms with Crippen LogP contribution in [0.1, 0.15) is 12.2 Å². The summed E-state index contributed by atoms with van der Waals surface area (Å²) in [5.41, 5.74) is 0. The Morgan fingerprint density at radius 3 is 3.06 bits per heavy atom. The van der Waals surface area contributed by atoms with Crippen LogP contribution in [0.2, 0.25) is 0 Å². The second kappa shape index (κ2) is 7.65. The van der Waals surface area contributed by atoms with Gasteiger partial charge in [0.25, 0.3) is 0 Å². The lowest BCUT2D eigenvalue weighted by molar-refractivity contribution is -0.130. The van der Waals surface area contributed by atoms with Crippen molar-refractivity contribution in [3.63, 3.8) is 0 Å². The molecule has 1 aromatic heterocycles. The van der Waals surface area contributed by atoms with E-state index in [1.807, 2.05) is 7.05 Å². The maximum absolute atomic E-state index is 11.5. The predicted molar refractivity (Wildman–Crippen MR) is 60.3 cm³/mol. The van der Waals surface area contributed by atoms with E-state index in [0.717, 1.165) is 13.0 Å². The molecule has 17 heavy (non-hydrogen) atoms. The van der Waals surface area contributed by atoms with Crippen LogP contribution in [0.3, 0.4) is 0 Å². The first-order valence-electron chi connectivity index (χ1n) is 5.36. The number of nitrogens with one attached hydrogen (secondary N) is 3. The monoisotopic (exact) mass is 242 g/mol. The smallest absolute Gasteiger partial charge is 0.250 e. The third-order valence-corrected chi connectivity index (χ3v) is 2.09. The average Bonchev–Trinajstić information content (AvgIpc) is 2.82. The maximum Gasteiger partial charge on any atom is 0.250 e. The lowest BCUT2D eigenvalue weighted by Gasteiger charge is -2.16. The van der Waals surface area contributed by atoms with Crippen molar-refractivity contribution in [1.82, 2.24) is 36.3 Å². The van der Waals surface area contributed by atoms with Crippen LogP contribution >= 0.6 is 0 Å². The molecule has 5 N–H and O–H groups in total. The zero-order valence-electron chi connectivity index (χ0n) is 9.81. The third kappa shape index (κ3) is 5.33. The minimum Gasteiger partial charge on any atom is -0.320 e. The number of rotatable bonds is 8. The highest BCUT2D eigenvalue weighted by Gasteiger charge is 2.08. The number of aromatic amines is 1. The van der Waals surface area contributed by atoms with E-state index in [1.54, 1.807) is 0 Å². The summed E-state index contributed by atoms with van der Waals surface area (Å²) in [7, 11) is 1.86. The summed E-state index contributed by atoms with van der Waals surface area (Å²) in [6.45, 7) is 1.90. The highest BCUT2D eigenvalue weighted by molar-refractivity contribution is 5.77. The molecule has 0 unspecified atom stereocenters. The lowest BCUT2D eigenvalue weighted by Crippen LogP contribution is -2.43. The van der Waals surface area contributed by atoms with Gasteiger partial charge in [-0.15, -0.1) is 10.2 Å². The van der Waals surface area contributed by atoms with Gasteiger partial charge >= 0.3 is 0 Å². The molecule has 0 aliphatic heterocycles. The number of carbonyl (C=O) groups excluding carboxylic acids is 1. The molecule has 0 radical (unpaired) electrons. The molecule has 0 saturated heterocycles. The molecule has 0 spiro atoms. The summed E-state index contributed by atoms with van der Waals surface area (Å²) in [5, 5.41) is 20.3. The van der Waals surface area contributed by atoms with Gasteiger partial charge in [0.1, 0.15) is 0 Å². The SMILES string of the molecule is CNCCCN(N)C(=O)CNCc1nn[nH]n1. The normalized spacial score (nSPS) is 10.5. The van der Waals surface area contributed by atoms with E-state index in [0.29, 0.717) is 18.9 Å². The Kier molecular flexibility index (Phi) is 6.07. The fourth-order valence-corrected chi connectivity index (χ4v) is 1.19. The lowest BCUT2D eigenvalue weighted by atomic mass is 10.4. The first kappa shape index (κ1) is 13.5. The van der Waals surface area contributed by atoms with Crippen LogP contribution in [0.25, 0.3) is 0 Å². The van der Waals surface area contributed by atoms with Crippen LogP contribution in [0.15, 0.2) is 0 Å². The second-order valence-electron chi connectivity index (χ2n) is 3.48. The molecule has 1 amide bonds. The first-order valence-corrected chi connectivity index (χ1v) is 5.36. The van der Waals surface area contributed by atoms with Crippen molar-refractivity contribution >= 4 is 5.91 Å². The zero-order chi connectivity index (χ0) is 12.5. The summed E-state index contributed by atoms with van der Waals surface area (Å²) in [5.74, 6) is 5.93. The van der Waals surface area contributed by atoms with E-state index in [2.05, 4.69) is 31.3 Å². The number of nitrogens with two attached hydrogens (primary N) is 1. The number of nitrogens with zero attached hydrogens (tertiary/aromatic N) is 4. The molecule has 0 saturated carbocycles. The van der Waals surface area contributed by atoms with Gasteiger partial charge in [-0.1, -0.05) is 5.21 Å². The van der Waals surface area contributed by atoms with Crippen LogP contribution in [-0.2, 0) is 11.3 Å². The number of amides is 1. The van der Waals surface area contributed by atoms with Gasteiger partial charge in [0.15, 0.2) is 5.82 Å². The van der Waals surface area contributed by atoms with E-state index < -0.39 is 0 Å². The zero-order valence-corrected chi connectivity index (χ0v) is 9.81. The Hall–Kier alpha value is -1.58. The minimum atomic E-state index is -0.162. The second-order valence-corrected chi connectivity index (χ2v) is 3.48. The molecule has 0 fully saturated rings. The summed E-state index contributed by atoms with van der Waals surface area (Å²) < 4.78 is 0. The van der Waals surface area contributed by atoms with Crippen LogP contribution < -0.4 is 16.5 Å². The van der Waals surface area contributed by atoms with Gasteiger partial charge in [0.05, 0.1) is 13.1 Å². The largest absolute Gasteiger partial charge is 0.320 e. The Morgan fingerprint density at radius 2 is 2.41 bits per heavy atom. The van der Waals surface area contributed by atoms with Crippen LogP contribution in [-0.4, -0.2) is 58.2 Å². The maximum atomic E-state index is 11.5. The molecule has 96 valence electrons. The van der Waals surface area contributed by atoms with Crippen molar-refractivity contribution in [2.24, 2.45) is 5.84 Å². The molecule has 9 heteroatoms. The molecular weight excluding hydrogens is 224 g/mol. The standard InChI is InChI=1S/C8H18N8O/c1-10-3-2-4-16(9)8(17)6-11-5-7-12-14-15-13-7/h10-11H,2-6,9H2,1H3,(H,12,13,14,15). The van der Waals surface area contributed by atoms with Crippen molar-refractivity contribution in [2.45, 2.75) is 13.0 Å². The predicted octanol–water partition coefficient (Wildman–Crippen LogP) is -2.40. The highest BCUT2D eigenvalue weighted by Crippen LogP contribution is 1.86. The van der Waals surface area contributed by atoms with Crippen LogP contribution in [0.4, 0.5) is 0 Å². The highest BCUT2D eigenvalue weighted by atomic mass is 16.2. The van der Waals surface area contributed by atoms with E-state index in [4.69, 9.17) is 5.84 Å². The van der Waals surface area contributed by atoms with Crippen molar-refractivity contribution in [3.05, 3.63) is 5.82 Å². The van der Waals surface area contributed by atoms with Gasteiger partial charge in [0, 0.05) is 6.54 Å². The van der Waals surface area contributed by atoms with Crippen molar-refractivity contribution < 1.29 is 4.79 Å². The quantitative estimate of drug-likeness (QED) is 0.173. The van der Waals surface area contributed by atoms with Gasteiger partial charge in [0.2, 0.25) is 5.91 Å². The third-order valence-electron chi connectivity index (χ3n) is 2.09. The average molecular weight is 242 g/mol. The first-order chi connectivity index (χ1) is 8.24. The Labute approximate surface area is 99.1 Å². The van der Waals surface area contributed by atoms with Crippen molar-refractivity contribution in [3.8, 4) is 0 Å². The molecule has 0 aliphatic rings. The Morgan fingerprint density at radius 1 is 1.59 bits per heavy atom. The number of tetrazole rings is 1. The molecule has 0 atom stereocenters. The number of hydrogen-bond donors (Lipinski definition) is 4. The summed E-state index contributed by atoms with van der Waals surface area (Å²) in [6.07, 6.45) is 0.823. The van der Waals surface area contributed by atoms with E-state index in [-0.39, 0.29) is 12.5 Å². The van der Waals surface area contributed by atoms with Gasteiger partial charge in [-0.3, -0.25) is 9.80 Å². The molecule has 0 aromatic carbocycles. The topological polar surface area (TPSA) is 125 Å². The molecular formula is C8H18N8O. The molecule has 9 nitrogen and oxygen atoms in total.